The van der Waals surface area contributed by atoms with Crippen LogP contribution in [0.15, 0.2) is 57.8 Å². The van der Waals surface area contributed by atoms with Crippen LogP contribution in [0.1, 0.15) is 13.3 Å². The van der Waals surface area contributed by atoms with Crippen LogP contribution in [0.25, 0.3) is 10.9 Å². The van der Waals surface area contributed by atoms with Crippen molar-refractivity contribution >= 4 is 50.3 Å². The van der Waals surface area contributed by atoms with Crippen molar-refractivity contribution in [1.82, 2.24) is 15.0 Å². The van der Waals surface area contributed by atoms with E-state index in [2.05, 4.69) is 31.8 Å². The van der Waals surface area contributed by atoms with E-state index in [0.29, 0.717) is 24.0 Å². The standard InChI is InChI=1S/C21H20BrN5O3/c1-2-26-20(30)16-5-3-4-6-17(16)23-21(26)25-24-19(29)13-11-18(28)27(12-13)15-9-7-14(22)8-10-15/h3-10,13H,2,11-12H2,1H3,(H,23,25)(H,24,29). The lowest BCUT2D eigenvalue weighted by atomic mass is 10.1. The van der Waals surface area contributed by atoms with E-state index in [1.165, 1.54) is 4.57 Å². The van der Waals surface area contributed by atoms with E-state index in [1.54, 1.807) is 29.2 Å². The average Bonchev–Trinajstić information content (AvgIpc) is 3.14. The number of aromatic nitrogens is 2. The number of para-hydroxylation sites is 1. The van der Waals surface area contributed by atoms with Gasteiger partial charge >= 0.3 is 0 Å². The summed E-state index contributed by atoms with van der Waals surface area (Å²) in [5.41, 5.74) is 6.49. The molecule has 0 radical (unpaired) electrons. The van der Waals surface area contributed by atoms with Gasteiger partial charge in [-0.25, -0.2) is 4.98 Å². The van der Waals surface area contributed by atoms with Crippen molar-refractivity contribution in [2.24, 2.45) is 5.92 Å². The van der Waals surface area contributed by atoms with Crippen LogP contribution in [0, 0.1) is 5.92 Å². The molecule has 1 aliphatic heterocycles. The van der Waals surface area contributed by atoms with E-state index in [4.69, 9.17) is 0 Å². The van der Waals surface area contributed by atoms with Crippen molar-refractivity contribution < 1.29 is 9.59 Å². The van der Waals surface area contributed by atoms with E-state index < -0.39 is 5.92 Å². The van der Waals surface area contributed by atoms with Crippen LogP contribution in [0.4, 0.5) is 11.6 Å². The van der Waals surface area contributed by atoms with Gasteiger partial charge in [0.25, 0.3) is 5.56 Å². The molecule has 8 nitrogen and oxygen atoms in total. The molecule has 2 amide bonds. The number of carbonyl (C=O) groups is 2. The minimum absolute atomic E-state index is 0.105. The van der Waals surface area contributed by atoms with Gasteiger partial charge in [-0.05, 0) is 43.3 Å². The zero-order chi connectivity index (χ0) is 21.3. The van der Waals surface area contributed by atoms with Crippen LogP contribution in [0.3, 0.4) is 0 Å². The molecule has 1 aromatic heterocycles. The minimum atomic E-state index is -0.504. The van der Waals surface area contributed by atoms with Gasteiger partial charge in [0, 0.05) is 29.7 Å². The van der Waals surface area contributed by atoms with Crippen LogP contribution < -0.4 is 21.3 Å². The van der Waals surface area contributed by atoms with Gasteiger partial charge in [0.2, 0.25) is 17.8 Å². The molecule has 0 spiro atoms. The maximum Gasteiger partial charge on any atom is 0.262 e. The molecule has 9 heteroatoms. The molecule has 1 saturated heterocycles. The Morgan fingerprint density at radius 3 is 2.63 bits per heavy atom. The Kier molecular flexibility index (Phi) is 5.54. The number of amides is 2. The molecule has 0 saturated carbocycles. The Bertz CT molecular complexity index is 1180. The van der Waals surface area contributed by atoms with Crippen LogP contribution in [-0.4, -0.2) is 27.9 Å². The lowest BCUT2D eigenvalue weighted by molar-refractivity contribution is -0.125. The smallest absolute Gasteiger partial charge is 0.262 e. The summed E-state index contributed by atoms with van der Waals surface area (Å²) in [7, 11) is 0. The van der Waals surface area contributed by atoms with Crippen molar-refractivity contribution in [1.29, 1.82) is 0 Å². The molecule has 2 heterocycles. The summed E-state index contributed by atoms with van der Waals surface area (Å²) in [6.07, 6.45) is 0.120. The highest BCUT2D eigenvalue weighted by molar-refractivity contribution is 9.10. The van der Waals surface area contributed by atoms with Crippen LogP contribution >= 0.6 is 15.9 Å². The molecular weight excluding hydrogens is 450 g/mol. The van der Waals surface area contributed by atoms with E-state index in [-0.39, 0.29) is 29.7 Å². The quantitative estimate of drug-likeness (QED) is 0.559. The van der Waals surface area contributed by atoms with Gasteiger partial charge in [0.15, 0.2) is 0 Å². The monoisotopic (exact) mass is 469 g/mol. The van der Waals surface area contributed by atoms with Gasteiger partial charge in [0.05, 0.1) is 16.8 Å². The highest BCUT2D eigenvalue weighted by Gasteiger charge is 2.35. The molecule has 0 bridgehead atoms. The van der Waals surface area contributed by atoms with Gasteiger partial charge in [-0.15, -0.1) is 0 Å². The number of anilines is 2. The number of rotatable bonds is 5. The Morgan fingerprint density at radius 2 is 1.90 bits per heavy atom. The molecule has 2 N–H and O–H groups in total. The van der Waals surface area contributed by atoms with E-state index in [1.807, 2.05) is 31.2 Å². The van der Waals surface area contributed by atoms with Crippen molar-refractivity contribution in [3.63, 3.8) is 0 Å². The molecule has 1 fully saturated rings. The second kappa shape index (κ2) is 8.27. The number of nitrogens with one attached hydrogen (secondary N) is 2. The third kappa shape index (κ3) is 3.80. The highest BCUT2D eigenvalue weighted by Crippen LogP contribution is 2.26. The third-order valence-corrected chi connectivity index (χ3v) is 5.64. The zero-order valence-electron chi connectivity index (χ0n) is 16.3. The number of hydrogen-bond donors (Lipinski definition) is 2. The third-order valence-electron chi connectivity index (χ3n) is 5.11. The first-order valence-corrected chi connectivity index (χ1v) is 10.4. The molecule has 1 unspecified atom stereocenters. The summed E-state index contributed by atoms with van der Waals surface area (Å²) in [6.45, 7) is 2.52. The number of carbonyl (C=O) groups excluding carboxylic acids is 2. The maximum absolute atomic E-state index is 12.7. The maximum atomic E-state index is 12.7. The fourth-order valence-corrected chi connectivity index (χ4v) is 3.79. The summed E-state index contributed by atoms with van der Waals surface area (Å²) in [5.74, 6) is -0.681. The first-order valence-electron chi connectivity index (χ1n) is 9.59. The lowest BCUT2D eigenvalue weighted by Gasteiger charge is -2.17. The first kappa shape index (κ1) is 20.1. The number of hydrogen-bond acceptors (Lipinski definition) is 5. The van der Waals surface area contributed by atoms with Crippen LogP contribution in [0.2, 0.25) is 0 Å². The Morgan fingerprint density at radius 1 is 1.17 bits per heavy atom. The highest BCUT2D eigenvalue weighted by atomic mass is 79.9. The molecular formula is C21H20BrN5O3. The first-order chi connectivity index (χ1) is 14.5. The van der Waals surface area contributed by atoms with E-state index >= 15 is 0 Å². The molecule has 154 valence electrons. The summed E-state index contributed by atoms with van der Waals surface area (Å²) < 4.78 is 2.37. The van der Waals surface area contributed by atoms with E-state index in [9.17, 15) is 14.4 Å². The molecule has 1 aliphatic rings. The minimum Gasteiger partial charge on any atom is -0.312 e. The second-order valence-corrected chi connectivity index (χ2v) is 7.91. The topological polar surface area (TPSA) is 96.3 Å². The van der Waals surface area contributed by atoms with Gasteiger partial charge in [0.1, 0.15) is 0 Å². The number of nitrogens with zero attached hydrogens (tertiary/aromatic N) is 3. The average molecular weight is 470 g/mol. The predicted molar refractivity (Wildman–Crippen MR) is 118 cm³/mol. The summed E-state index contributed by atoms with van der Waals surface area (Å²) in [5, 5.41) is 0.516. The lowest BCUT2D eigenvalue weighted by Crippen LogP contribution is -2.38. The van der Waals surface area contributed by atoms with E-state index in [0.717, 1.165) is 10.2 Å². The number of fused-ring (bicyclic) bond motifs is 1. The number of halogens is 1. The van der Waals surface area contributed by atoms with Gasteiger partial charge in [-0.1, -0.05) is 28.1 Å². The normalized spacial score (nSPS) is 16.1. The fourth-order valence-electron chi connectivity index (χ4n) is 3.53. The summed E-state index contributed by atoms with van der Waals surface area (Å²) in [4.78, 5) is 43.8. The zero-order valence-corrected chi connectivity index (χ0v) is 17.8. The number of hydrazine groups is 1. The van der Waals surface area contributed by atoms with Crippen LogP contribution in [0.5, 0.6) is 0 Å². The SMILES string of the molecule is CCn1c(NNC(=O)C2CC(=O)N(c3ccc(Br)cc3)C2)nc2ccccc2c1=O. The molecule has 30 heavy (non-hydrogen) atoms. The van der Waals surface area contributed by atoms with Crippen molar-refractivity contribution in [3.8, 4) is 0 Å². The molecule has 1 atom stereocenters. The van der Waals surface area contributed by atoms with Crippen molar-refractivity contribution in [3.05, 3.63) is 63.4 Å². The van der Waals surface area contributed by atoms with Crippen molar-refractivity contribution in [2.75, 3.05) is 16.9 Å². The second-order valence-electron chi connectivity index (χ2n) is 7.00. The molecule has 2 aromatic carbocycles. The Hall–Kier alpha value is -3.20. The molecule has 4 rings (SSSR count). The predicted octanol–water partition coefficient (Wildman–Crippen LogP) is 2.68. The Balaban J connectivity index is 1.48. The van der Waals surface area contributed by atoms with Gasteiger partial charge in [-0.2, -0.15) is 0 Å². The van der Waals surface area contributed by atoms with Gasteiger partial charge in [-0.3, -0.25) is 29.8 Å². The molecule has 0 aliphatic carbocycles. The van der Waals surface area contributed by atoms with Gasteiger partial charge < -0.3 is 4.90 Å². The summed E-state index contributed by atoms with van der Waals surface area (Å²) in [6, 6.07) is 14.4. The largest absolute Gasteiger partial charge is 0.312 e. The number of benzene rings is 2. The fraction of sp³-hybridized carbons (Fsp3) is 0.238. The van der Waals surface area contributed by atoms with Crippen LogP contribution in [-0.2, 0) is 16.1 Å². The molecule has 3 aromatic rings. The Labute approximate surface area is 181 Å². The van der Waals surface area contributed by atoms with Crippen molar-refractivity contribution in [2.45, 2.75) is 19.9 Å². The summed E-state index contributed by atoms with van der Waals surface area (Å²) >= 11 is 3.37.